The van der Waals surface area contributed by atoms with Gasteiger partial charge >= 0.3 is 0 Å². The first-order valence-corrected chi connectivity index (χ1v) is 10.7. The maximum absolute atomic E-state index is 5.22. The summed E-state index contributed by atoms with van der Waals surface area (Å²) in [6.45, 7) is 6.80. The first-order chi connectivity index (χ1) is 13.2. The Morgan fingerprint density at radius 1 is 1.11 bits per heavy atom. The van der Waals surface area contributed by atoms with E-state index < -0.39 is 0 Å². The van der Waals surface area contributed by atoms with Crippen LogP contribution in [0.15, 0.2) is 30.3 Å². The van der Waals surface area contributed by atoms with Gasteiger partial charge in [-0.1, -0.05) is 51.3 Å². The molecule has 1 aliphatic rings. The molecular formula is C24H31N3. The van der Waals surface area contributed by atoms with Crippen LogP contribution in [0, 0.1) is 6.92 Å². The van der Waals surface area contributed by atoms with Gasteiger partial charge in [0.15, 0.2) is 5.65 Å². The number of aromatic nitrogens is 3. The quantitative estimate of drug-likeness (QED) is 0.483. The molecule has 3 heteroatoms. The van der Waals surface area contributed by atoms with Crippen LogP contribution in [0.4, 0.5) is 0 Å². The van der Waals surface area contributed by atoms with Gasteiger partial charge in [0.25, 0.3) is 0 Å². The van der Waals surface area contributed by atoms with E-state index in [1.165, 1.54) is 67.2 Å². The maximum atomic E-state index is 5.22. The Hall–Kier alpha value is -2.16. The van der Waals surface area contributed by atoms with E-state index in [2.05, 4.69) is 55.8 Å². The summed E-state index contributed by atoms with van der Waals surface area (Å²) in [6.07, 6.45) is 9.99. The predicted octanol–water partition coefficient (Wildman–Crippen LogP) is 6.29. The average molecular weight is 362 g/mol. The molecule has 0 bridgehead atoms. The molecule has 0 fully saturated rings. The molecule has 2 heterocycles. The van der Waals surface area contributed by atoms with Gasteiger partial charge in [0.05, 0.1) is 11.4 Å². The number of pyridine rings is 1. The van der Waals surface area contributed by atoms with E-state index in [4.69, 9.17) is 10.1 Å². The van der Waals surface area contributed by atoms with Crippen molar-refractivity contribution in [3.8, 4) is 5.69 Å². The van der Waals surface area contributed by atoms with Gasteiger partial charge < -0.3 is 0 Å². The predicted molar refractivity (Wildman–Crippen MR) is 113 cm³/mol. The van der Waals surface area contributed by atoms with Gasteiger partial charge in [-0.25, -0.2) is 9.67 Å². The summed E-state index contributed by atoms with van der Waals surface area (Å²) in [5, 5.41) is 6.21. The number of aryl methyl sites for hydroxylation is 2. The summed E-state index contributed by atoms with van der Waals surface area (Å²) >= 11 is 0. The van der Waals surface area contributed by atoms with Crippen LogP contribution in [-0.4, -0.2) is 14.8 Å². The molecule has 1 atom stereocenters. The standard InChI is InChI=1S/C24H31N3/c1-4-5-6-10-16-21-20-15-11-12-17(2)22(20)23-18(3)26-27(24(23)25-21)19-13-8-7-9-14-19/h7-9,13-14,17H,4-6,10-12,15-16H2,1-3H3. The minimum absolute atomic E-state index is 0.598. The molecule has 27 heavy (non-hydrogen) atoms. The largest absolute Gasteiger partial charge is 0.233 e. The van der Waals surface area contributed by atoms with Crippen molar-refractivity contribution in [2.45, 2.75) is 78.1 Å². The van der Waals surface area contributed by atoms with Gasteiger partial charge in [0.1, 0.15) is 0 Å². The Morgan fingerprint density at radius 3 is 2.70 bits per heavy atom. The lowest BCUT2D eigenvalue weighted by Crippen LogP contribution is -2.13. The normalized spacial score (nSPS) is 16.6. The highest BCUT2D eigenvalue weighted by Crippen LogP contribution is 2.39. The number of rotatable bonds is 6. The second-order valence-electron chi connectivity index (χ2n) is 8.09. The van der Waals surface area contributed by atoms with E-state index in [1.807, 2.05) is 0 Å². The topological polar surface area (TPSA) is 30.7 Å². The van der Waals surface area contributed by atoms with Gasteiger partial charge in [0, 0.05) is 11.1 Å². The van der Waals surface area contributed by atoms with Gasteiger partial charge in [-0.2, -0.15) is 5.10 Å². The number of hydrogen-bond acceptors (Lipinski definition) is 2. The van der Waals surface area contributed by atoms with Crippen molar-refractivity contribution in [3.63, 3.8) is 0 Å². The lowest BCUT2D eigenvalue weighted by molar-refractivity contribution is 0.582. The van der Waals surface area contributed by atoms with Crippen LogP contribution < -0.4 is 0 Å². The number of fused-ring (bicyclic) bond motifs is 3. The SMILES string of the molecule is CCCCCCc1nc2c(c(C)nn2-c2ccccc2)c2c1CCCC2C. The molecule has 0 amide bonds. The fourth-order valence-electron chi connectivity index (χ4n) is 4.66. The molecular weight excluding hydrogens is 330 g/mol. The zero-order chi connectivity index (χ0) is 18.8. The highest BCUT2D eigenvalue weighted by atomic mass is 15.3. The summed E-state index contributed by atoms with van der Waals surface area (Å²) < 4.78 is 2.06. The Balaban J connectivity index is 1.87. The van der Waals surface area contributed by atoms with E-state index in [1.54, 1.807) is 0 Å². The molecule has 0 N–H and O–H groups in total. The summed E-state index contributed by atoms with van der Waals surface area (Å²) in [7, 11) is 0. The van der Waals surface area contributed by atoms with Gasteiger partial charge in [0.2, 0.25) is 0 Å². The van der Waals surface area contributed by atoms with E-state index in [0.29, 0.717) is 5.92 Å². The number of benzene rings is 1. The fraction of sp³-hybridized carbons (Fsp3) is 0.500. The third-order valence-electron chi connectivity index (χ3n) is 6.04. The van der Waals surface area contributed by atoms with E-state index in [9.17, 15) is 0 Å². The fourth-order valence-corrected chi connectivity index (χ4v) is 4.66. The minimum atomic E-state index is 0.598. The first-order valence-electron chi connectivity index (χ1n) is 10.7. The number of unbranched alkanes of at least 4 members (excludes halogenated alkanes) is 3. The average Bonchev–Trinajstić information content (AvgIpc) is 3.02. The van der Waals surface area contributed by atoms with Crippen molar-refractivity contribution in [1.82, 2.24) is 14.8 Å². The molecule has 0 saturated heterocycles. The summed E-state index contributed by atoms with van der Waals surface area (Å²) in [5.41, 5.74) is 7.67. The smallest absolute Gasteiger partial charge is 0.163 e. The van der Waals surface area contributed by atoms with Crippen molar-refractivity contribution in [3.05, 3.63) is 52.8 Å². The molecule has 3 aromatic rings. The lowest BCUT2D eigenvalue weighted by Gasteiger charge is -2.25. The van der Waals surface area contributed by atoms with Crippen molar-refractivity contribution in [2.75, 3.05) is 0 Å². The highest BCUT2D eigenvalue weighted by molar-refractivity contribution is 5.86. The minimum Gasteiger partial charge on any atom is -0.233 e. The molecule has 0 radical (unpaired) electrons. The Bertz CT molecular complexity index is 924. The van der Waals surface area contributed by atoms with Crippen LogP contribution in [0.1, 0.15) is 80.8 Å². The molecule has 1 unspecified atom stereocenters. The summed E-state index contributed by atoms with van der Waals surface area (Å²) in [4.78, 5) is 5.22. The molecule has 142 valence electrons. The second kappa shape index (κ2) is 7.84. The van der Waals surface area contributed by atoms with Crippen LogP contribution in [0.25, 0.3) is 16.7 Å². The monoisotopic (exact) mass is 361 g/mol. The Morgan fingerprint density at radius 2 is 1.93 bits per heavy atom. The third kappa shape index (κ3) is 3.40. The number of hydrogen-bond donors (Lipinski definition) is 0. The Labute approximate surface area is 162 Å². The van der Waals surface area contributed by atoms with Crippen LogP contribution in [0.3, 0.4) is 0 Å². The first kappa shape index (κ1) is 18.2. The van der Waals surface area contributed by atoms with E-state index in [-0.39, 0.29) is 0 Å². The van der Waals surface area contributed by atoms with E-state index in [0.717, 1.165) is 23.4 Å². The van der Waals surface area contributed by atoms with Gasteiger partial charge in [-0.3, -0.25) is 0 Å². The van der Waals surface area contributed by atoms with Gasteiger partial charge in [-0.15, -0.1) is 0 Å². The van der Waals surface area contributed by atoms with Crippen LogP contribution in [0.2, 0.25) is 0 Å². The molecule has 4 rings (SSSR count). The number of para-hydroxylation sites is 1. The molecule has 3 nitrogen and oxygen atoms in total. The van der Waals surface area contributed by atoms with Crippen molar-refractivity contribution in [2.24, 2.45) is 0 Å². The molecule has 1 aliphatic carbocycles. The third-order valence-corrected chi connectivity index (χ3v) is 6.04. The summed E-state index contributed by atoms with van der Waals surface area (Å²) in [6, 6.07) is 10.4. The molecule has 2 aromatic heterocycles. The van der Waals surface area contributed by atoms with Crippen LogP contribution >= 0.6 is 0 Å². The van der Waals surface area contributed by atoms with Crippen molar-refractivity contribution in [1.29, 1.82) is 0 Å². The van der Waals surface area contributed by atoms with Crippen molar-refractivity contribution < 1.29 is 0 Å². The zero-order valence-electron chi connectivity index (χ0n) is 17.0. The second-order valence-corrected chi connectivity index (χ2v) is 8.09. The Kier molecular flexibility index (Phi) is 5.29. The zero-order valence-corrected chi connectivity index (χ0v) is 17.0. The molecule has 1 aromatic carbocycles. The van der Waals surface area contributed by atoms with E-state index >= 15 is 0 Å². The highest BCUT2D eigenvalue weighted by Gasteiger charge is 2.26. The molecule has 0 spiro atoms. The van der Waals surface area contributed by atoms with Crippen molar-refractivity contribution >= 4 is 11.0 Å². The van der Waals surface area contributed by atoms with Crippen LogP contribution in [0.5, 0.6) is 0 Å². The summed E-state index contributed by atoms with van der Waals surface area (Å²) in [5.74, 6) is 0.598. The molecule has 0 aliphatic heterocycles. The van der Waals surface area contributed by atoms with Gasteiger partial charge in [-0.05, 0) is 68.2 Å². The molecule has 0 saturated carbocycles. The van der Waals surface area contributed by atoms with Crippen LogP contribution in [-0.2, 0) is 12.8 Å². The lowest BCUT2D eigenvalue weighted by atomic mass is 9.81. The maximum Gasteiger partial charge on any atom is 0.163 e. The number of nitrogens with zero attached hydrogens (tertiary/aromatic N) is 3.